The molecule has 10 heavy (non-hydrogen) atoms. The molecule has 1 aliphatic rings. The fourth-order valence-corrected chi connectivity index (χ4v) is 1.27. The Kier molecular flexibility index (Phi) is 2.70. The summed E-state index contributed by atoms with van der Waals surface area (Å²) >= 11 is 0. The van der Waals surface area contributed by atoms with Gasteiger partial charge in [-0.3, -0.25) is 0 Å². The third kappa shape index (κ3) is 1.71. The van der Waals surface area contributed by atoms with Crippen molar-refractivity contribution in [2.24, 2.45) is 5.92 Å². The molecular formula is C8H12FN. The average Bonchev–Trinajstić information content (AvgIpc) is 1.84. The summed E-state index contributed by atoms with van der Waals surface area (Å²) in [6, 6.07) is 0. The second kappa shape index (κ2) is 3.58. The molecule has 0 bridgehead atoms. The van der Waals surface area contributed by atoms with Gasteiger partial charge < -0.3 is 4.90 Å². The van der Waals surface area contributed by atoms with Crippen molar-refractivity contribution >= 4 is 0 Å². The largest absolute Gasteiger partial charge is 0.300 e. The molecule has 1 heterocycles. The Bertz CT molecular complexity index is 133. The lowest BCUT2D eigenvalue weighted by atomic mass is 9.97. The van der Waals surface area contributed by atoms with E-state index in [2.05, 4.69) is 10.8 Å². The maximum absolute atomic E-state index is 11.7. The zero-order chi connectivity index (χ0) is 7.40. The van der Waals surface area contributed by atoms with Gasteiger partial charge in [0.15, 0.2) is 0 Å². The van der Waals surface area contributed by atoms with Crippen LogP contribution in [0.5, 0.6) is 0 Å². The van der Waals surface area contributed by atoms with E-state index in [9.17, 15) is 4.39 Å². The predicted octanol–water partition coefficient (Wildman–Crippen LogP) is 0.911. The molecule has 1 nitrogen and oxygen atoms in total. The summed E-state index contributed by atoms with van der Waals surface area (Å²) in [5, 5.41) is 0. The van der Waals surface area contributed by atoms with Crippen molar-refractivity contribution in [3.05, 3.63) is 0 Å². The van der Waals surface area contributed by atoms with Crippen molar-refractivity contribution in [1.29, 1.82) is 0 Å². The summed E-state index contributed by atoms with van der Waals surface area (Å²) in [4.78, 5) is 2.09. The van der Waals surface area contributed by atoms with Crippen LogP contribution in [0, 0.1) is 18.3 Å². The molecule has 0 aromatic rings. The summed E-state index contributed by atoms with van der Waals surface area (Å²) in [5.41, 5.74) is 0. The van der Waals surface area contributed by atoms with Crippen molar-refractivity contribution in [3.63, 3.8) is 0 Å². The minimum absolute atomic E-state index is 0.233. The molecule has 0 N–H and O–H groups in total. The van der Waals surface area contributed by atoms with Gasteiger partial charge in [-0.25, -0.2) is 4.39 Å². The topological polar surface area (TPSA) is 3.24 Å². The van der Waals surface area contributed by atoms with Crippen molar-refractivity contribution < 1.29 is 4.39 Å². The van der Waals surface area contributed by atoms with Crippen LogP contribution >= 0.6 is 0 Å². The van der Waals surface area contributed by atoms with Crippen LogP contribution in [0.4, 0.5) is 4.39 Å². The van der Waals surface area contributed by atoms with Gasteiger partial charge in [0, 0.05) is 26.1 Å². The third-order valence-corrected chi connectivity index (χ3v) is 1.84. The number of terminal acetylenes is 1. The fraction of sp³-hybridized carbons (Fsp3) is 0.750. The Hall–Kier alpha value is -0.550. The van der Waals surface area contributed by atoms with E-state index < -0.39 is 0 Å². The first-order chi connectivity index (χ1) is 4.86. The van der Waals surface area contributed by atoms with Gasteiger partial charge in [-0.15, -0.1) is 12.3 Å². The molecular weight excluding hydrogens is 129 g/mol. The second-order valence-corrected chi connectivity index (χ2v) is 2.72. The first-order valence-electron chi connectivity index (χ1n) is 3.58. The number of hydrogen-bond acceptors (Lipinski definition) is 1. The standard InChI is InChI=1S/C8H12FN/c1-2-3-8-6-10(7-8)5-4-9/h1,8H,3-7H2. The maximum Gasteiger partial charge on any atom is 0.102 e. The summed E-state index contributed by atoms with van der Waals surface area (Å²) in [5.74, 6) is 3.25. The molecule has 1 aliphatic heterocycles. The molecule has 56 valence electrons. The molecule has 1 fully saturated rings. The van der Waals surface area contributed by atoms with E-state index in [4.69, 9.17) is 6.42 Å². The maximum atomic E-state index is 11.7. The van der Waals surface area contributed by atoms with Crippen molar-refractivity contribution in [3.8, 4) is 12.3 Å². The van der Waals surface area contributed by atoms with Crippen LogP contribution in [0.25, 0.3) is 0 Å². The summed E-state index contributed by atoms with van der Waals surface area (Å²) in [6.45, 7) is 2.34. The van der Waals surface area contributed by atoms with Crippen LogP contribution in [-0.4, -0.2) is 31.2 Å². The Morgan fingerprint density at radius 2 is 2.30 bits per heavy atom. The van der Waals surface area contributed by atoms with E-state index in [-0.39, 0.29) is 6.67 Å². The number of rotatable bonds is 3. The Balaban J connectivity index is 2.02. The predicted molar refractivity (Wildman–Crippen MR) is 39.4 cm³/mol. The molecule has 0 unspecified atom stereocenters. The van der Waals surface area contributed by atoms with Gasteiger partial charge in [0.2, 0.25) is 0 Å². The quantitative estimate of drug-likeness (QED) is 0.528. The van der Waals surface area contributed by atoms with E-state index in [1.165, 1.54) is 0 Å². The minimum atomic E-state index is -0.233. The highest BCUT2D eigenvalue weighted by Gasteiger charge is 2.24. The monoisotopic (exact) mass is 141 g/mol. The van der Waals surface area contributed by atoms with E-state index in [1.54, 1.807) is 0 Å². The first-order valence-corrected chi connectivity index (χ1v) is 3.58. The number of nitrogens with zero attached hydrogens (tertiary/aromatic N) is 1. The van der Waals surface area contributed by atoms with Gasteiger partial charge in [0.1, 0.15) is 6.67 Å². The highest BCUT2D eigenvalue weighted by atomic mass is 19.1. The number of alkyl halides is 1. The van der Waals surface area contributed by atoms with Crippen LogP contribution in [-0.2, 0) is 0 Å². The first kappa shape index (κ1) is 7.56. The van der Waals surface area contributed by atoms with Crippen molar-refractivity contribution in [1.82, 2.24) is 4.90 Å². The molecule has 0 amide bonds. The molecule has 2 heteroatoms. The van der Waals surface area contributed by atoms with Crippen LogP contribution in [0.15, 0.2) is 0 Å². The summed E-state index contributed by atoms with van der Waals surface area (Å²) < 4.78 is 11.7. The van der Waals surface area contributed by atoms with Crippen LogP contribution in [0.3, 0.4) is 0 Å². The van der Waals surface area contributed by atoms with Gasteiger partial charge >= 0.3 is 0 Å². The molecule has 0 aliphatic carbocycles. The summed E-state index contributed by atoms with van der Waals surface area (Å²) in [6.07, 6.45) is 5.97. The average molecular weight is 141 g/mol. The Labute approximate surface area is 61.2 Å². The van der Waals surface area contributed by atoms with Gasteiger partial charge in [-0.1, -0.05) is 0 Å². The highest BCUT2D eigenvalue weighted by Crippen LogP contribution is 2.17. The molecule has 0 spiro atoms. The van der Waals surface area contributed by atoms with Crippen LogP contribution in [0.1, 0.15) is 6.42 Å². The number of hydrogen-bond donors (Lipinski definition) is 0. The van der Waals surface area contributed by atoms with Crippen molar-refractivity contribution in [2.75, 3.05) is 26.3 Å². The van der Waals surface area contributed by atoms with E-state index in [1.807, 2.05) is 0 Å². The lowest BCUT2D eigenvalue weighted by Crippen LogP contribution is -2.47. The van der Waals surface area contributed by atoms with E-state index >= 15 is 0 Å². The zero-order valence-electron chi connectivity index (χ0n) is 6.02. The van der Waals surface area contributed by atoms with Gasteiger partial charge in [0.05, 0.1) is 0 Å². The van der Waals surface area contributed by atoms with E-state index in [0.717, 1.165) is 19.5 Å². The summed E-state index contributed by atoms with van der Waals surface area (Å²) in [7, 11) is 0. The normalized spacial score (nSPS) is 20.0. The molecule has 1 rings (SSSR count). The SMILES string of the molecule is C#CCC1CN(CCF)C1. The zero-order valence-corrected chi connectivity index (χ0v) is 6.02. The molecule has 0 radical (unpaired) electrons. The molecule has 0 aromatic heterocycles. The molecule has 0 aromatic carbocycles. The second-order valence-electron chi connectivity index (χ2n) is 2.72. The third-order valence-electron chi connectivity index (χ3n) is 1.84. The molecule has 0 saturated carbocycles. The molecule has 1 saturated heterocycles. The lowest BCUT2D eigenvalue weighted by molar-refractivity contribution is 0.0961. The van der Waals surface area contributed by atoms with Gasteiger partial charge in [0.25, 0.3) is 0 Å². The lowest BCUT2D eigenvalue weighted by Gasteiger charge is -2.37. The fourth-order valence-electron chi connectivity index (χ4n) is 1.27. The minimum Gasteiger partial charge on any atom is -0.300 e. The number of halogens is 1. The van der Waals surface area contributed by atoms with E-state index in [0.29, 0.717) is 12.5 Å². The number of likely N-dealkylation sites (tertiary alicyclic amines) is 1. The Morgan fingerprint density at radius 1 is 1.60 bits per heavy atom. The van der Waals surface area contributed by atoms with Crippen LogP contribution in [0.2, 0.25) is 0 Å². The van der Waals surface area contributed by atoms with Gasteiger partial charge in [-0.05, 0) is 5.92 Å². The Morgan fingerprint density at radius 3 is 2.80 bits per heavy atom. The van der Waals surface area contributed by atoms with Crippen LogP contribution < -0.4 is 0 Å². The van der Waals surface area contributed by atoms with Gasteiger partial charge in [-0.2, -0.15) is 0 Å². The highest BCUT2D eigenvalue weighted by molar-refractivity contribution is 4.92. The van der Waals surface area contributed by atoms with Crippen molar-refractivity contribution in [2.45, 2.75) is 6.42 Å². The smallest absolute Gasteiger partial charge is 0.102 e. The molecule has 0 atom stereocenters.